The molecule has 1 aromatic rings. The smallest absolute Gasteiger partial charge is 0.338 e. The van der Waals surface area contributed by atoms with Crippen molar-refractivity contribution >= 4 is 12.3 Å². The van der Waals surface area contributed by atoms with Gasteiger partial charge in [-0.15, -0.1) is 0 Å². The Kier molecular flexibility index (Phi) is 4.70. The zero-order chi connectivity index (χ0) is 12.0. The minimum Gasteiger partial charge on any atom is -0.462 e. The minimum absolute atomic E-state index is 0.335. The first-order valence-electron chi connectivity index (χ1n) is 5.39. The monoisotopic (exact) mass is 220 g/mol. The Balaban J connectivity index is 2.56. The molecule has 86 valence electrons. The van der Waals surface area contributed by atoms with Crippen molar-refractivity contribution in [3.05, 3.63) is 35.4 Å². The average Bonchev–Trinajstić information content (AvgIpc) is 2.35. The molecule has 0 radical (unpaired) electrons. The molecule has 0 saturated carbocycles. The predicted molar refractivity (Wildman–Crippen MR) is 61.6 cm³/mol. The zero-order valence-electron chi connectivity index (χ0n) is 9.60. The number of rotatable bonds is 5. The summed E-state index contributed by atoms with van der Waals surface area (Å²) in [4.78, 5) is 22.0. The molecule has 1 rings (SSSR count). The molecule has 0 spiro atoms. The number of carbonyl (C=O) groups excluding carboxylic acids is 2. The van der Waals surface area contributed by atoms with E-state index >= 15 is 0 Å². The SMILES string of the molecule is CCC(C)COC(=O)c1ccc(C=O)cc1. The average molecular weight is 220 g/mol. The molecule has 3 nitrogen and oxygen atoms in total. The van der Waals surface area contributed by atoms with Crippen molar-refractivity contribution in [2.75, 3.05) is 6.61 Å². The first kappa shape index (κ1) is 12.4. The standard InChI is InChI=1S/C13H16O3/c1-3-10(2)9-16-13(15)12-6-4-11(8-14)5-7-12/h4-8,10H,3,9H2,1-2H3. The summed E-state index contributed by atoms with van der Waals surface area (Å²) in [5.41, 5.74) is 1.03. The van der Waals surface area contributed by atoms with Crippen molar-refractivity contribution in [3.8, 4) is 0 Å². The summed E-state index contributed by atoms with van der Waals surface area (Å²) in [5.74, 6) is 0.0379. The van der Waals surface area contributed by atoms with Crippen molar-refractivity contribution in [3.63, 3.8) is 0 Å². The minimum atomic E-state index is -0.335. The van der Waals surface area contributed by atoms with Gasteiger partial charge >= 0.3 is 5.97 Å². The third-order valence-corrected chi connectivity index (χ3v) is 2.48. The molecule has 0 saturated heterocycles. The van der Waals surface area contributed by atoms with Gasteiger partial charge in [-0.1, -0.05) is 32.4 Å². The van der Waals surface area contributed by atoms with E-state index in [4.69, 9.17) is 4.74 Å². The molecule has 0 aromatic heterocycles. The van der Waals surface area contributed by atoms with E-state index in [-0.39, 0.29) is 5.97 Å². The maximum atomic E-state index is 11.6. The lowest BCUT2D eigenvalue weighted by Crippen LogP contribution is -2.11. The summed E-state index contributed by atoms with van der Waals surface area (Å²) in [5, 5.41) is 0. The molecule has 0 aliphatic rings. The van der Waals surface area contributed by atoms with Gasteiger partial charge in [0.15, 0.2) is 0 Å². The number of carbonyl (C=O) groups is 2. The summed E-state index contributed by atoms with van der Waals surface area (Å²) in [6.45, 7) is 4.52. The Labute approximate surface area is 95.4 Å². The van der Waals surface area contributed by atoms with E-state index in [0.29, 0.717) is 23.7 Å². The Morgan fingerprint density at radius 1 is 1.38 bits per heavy atom. The van der Waals surface area contributed by atoms with Gasteiger partial charge in [0.05, 0.1) is 12.2 Å². The van der Waals surface area contributed by atoms with E-state index < -0.39 is 0 Å². The highest BCUT2D eigenvalue weighted by molar-refractivity contribution is 5.90. The number of hydrogen-bond donors (Lipinski definition) is 0. The van der Waals surface area contributed by atoms with Crippen molar-refractivity contribution in [2.45, 2.75) is 20.3 Å². The number of esters is 1. The highest BCUT2D eigenvalue weighted by Crippen LogP contribution is 2.07. The fraction of sp³-hybridized carbons (Fsp3) is 0.385. The van der Waals surface area contributed by atoms with Crippen LogP contribution in [0.15, 0.2) is 24.3 Å². The molecule has 0 heterocycles. The van der Waals surface area contributed by atoms with Crippen molar-refractivity contribution in [1.82, 2.24) is 0 Å². The van der Waals surface area contributed by atoms with Crippen LogP contribution in [0.2, 0.25) is 0 Å². The largest absolute Gasteiger partial charge is 0.462 e. The van der Waals surface area contributed by atoms with Gasteiger partial charge in [-0.3, -0.25) is 4.79 Å². The van der Waals surface area contributed by atoms with E-state index in [2.05, 4.69) is 6.92 Å². The summed E-state index contributed by atoms with van der Waals surface area (Å²) in [7, 11) is 0. The van der Waals surface area contributed by atoms with E-state index in [9.17, 15) is 9.59 Å². The topological polar surface area (TPSA) is 43.4 Å². The number of hydrogen-bond acceptors (Lipinski definition) is 3. The summed E-state index contributed by atoms with van der Waals surface area (Å²) < 4.78 is 5.13. The van der Waals surface area contributed by atoms with Crippen LogP contribution in [0.3, 0.4) is 0 Å². The molecule has 0 aliphatic heterocycles. The molecule has 1 atom stereocenters. The van der Waals surface area contributed by atoms with Gasteiger partial charge in [-0.2, -0.15) is 0 Å². The second kappa shape index (κ2) is 6.05. The van der Waals surface area contributed by atoms with Gasteiger partial charge in [0.25, 0.3) is 0 Å². The molecule has 1 unspecified atom stereocenters. The van der Waals surface area contributed by atoms with Gasteiger partial charge in [-0.25, -0.2) is 4.79 Å². The molecule has 0 amide bonds. The molecular formula is C13H16O3. The molecule has 0 N–H and O–H groups in total. The number of aldehydes is 1. The number of ether oxygens (including phenoxy) is 1. The molecule has 0 aliphatic carbocycles. The summed E-state index contributed by atoms with van der Waals surface area (Å²) >= 11 is 0. The second-order valence-electron chi connectivity index (χ2n) is 3.85. The van der Waals surface area contributed by atoms with E-state index in [1.807, 2.05) is 6.92 Å². The highest BCUT2D eigenvalue weighted by atomic mass is 16.5. The maximum absolute atomic E-state index is 11.6. The lowest BCUT2D eigenvalue weighted by molar-refractivity contribution is 0.0447. The molecule has 0 bridgehead atoms. The Morgan fingerprint density at radius 3 is 2.50 bits per heavy atom. The molecule has 1 aromatic carbocycles. The van der Waals surface area contributed by atoms with Crippen LogP contribution in [0.1, 0.15) is 41.0 Å². The van der Waals surface area contributed by atoms with Crippen molar-refractivity contribution in [1.29, 1.82) is 0 Å². The van der Waals surface area contributed by atoms with Crippen LogP contribution in [0.5, 0.6) is 0 Å². The lowest BCUT2D eigenvalue weighted by Gasteiger charge is -2.09. The summed E-state index contributed by atoms with van der Waals surface area (Å²) in [6, 6.07) is 6.41. The third kappa shape index (κ3) is 3.50. The van der Waals surface area contributed by atoms with Crippen LogP contribution in [0.4, 0.5) is 0 Å². The highest BCUT2D eigenvalue weighted by Gasteiger charge is 2.08. The van der Waals surface area contributed by atoms with Gasteiger partial charge in [0.2, 0.25) is 0 Å². The van der Waals surface area contributed by atoms with Crippen LogP contribution in [-0.4, -0.2) is 18.9 Å². The van der Waals surface area contributed by atoms with Crippen molar-refractivity contribution < 1.29 is 14.3 Å². The quantitative estimate of drug-likeness (QED) is 0.566. The Hall–Kier alpha value is -1.64. The van der Waals surface area contributed by atoms with E-state index in [1.165, 1.54) is 0 Å². The van der Waals surface area contributed by atoms with Crippen LogP contribution in [-0.2, 0) is 4.74 Å². The molecule has 3 heteroatoms. The fourth-order valence-electron chi connectivity index (χ4n) is 1.12. The number of benzene rings is 1. The lowest BCUT2D eigenvalue weighted by atomic mass is 10.1. The third-order valence-electron chi connectivity index (χ3n) is 2.48. The van der Waals surface area contributed by atoms with Gasteiger partial charge < -0.3 is 4.74 Å². The van der Waals surface area contributed by atoms with E-state index in [0.717, 1.165) is 12.7 Å². The van der Waals surface area contributed by atoms with Gasteiger partial charge in [0, 0.05) is 5.56 Å². The maximum Gasteiger partial charge on any atom is 0.338 e. The van der Waals surface area contributed by atoms with Crippen LogP contribution >= 0.6 is 0 Å². The molecular weight excluding hydrogens is 204 g/mol. The van der Waals surface area contributed by atoms with Gasteiger partial charge in [0.1, 0.15) is 6.29 Å². The first-order valence-corrected chi connectivity index (χ1v) is 5.39. The molecule has 16 heavy (non-hydrogen) atoms. The molecule has 0 fully saturated rings. The van der Waals surface area contributed by atoms with Crippen molar-refractivity contribution in [2.24, 2.45) is 5.92 Å². The Bertz CT molecular complexity index is 354. The fourth-order valence-corrected chi connectivity index (χ4v) is 1.12. The zero-order valence-corrected chi connectivity index (χ0v) is 9.60. The normalized spacial score (nSPS) is 11.9. The van der Waals surface area contributed by atoms with Crippen LogP contribution in [0, 0.1) is 5.92 Å². The van der Waals surface area contributed by atoms with E-state index in [1.54, 1.807) is 24.3 Å². The van der Waals surface area contributed by atoms with Crippen LogP contribution in [0.25, 0.3) is 0 Å². The second-order valence-corrected chi connectivity index (χ2v) is 3.85. The summed E-state index contributed by atoms with van der Waals surface area (Å²) in [6.07, 6.45) is 1.73. The Morgan fingerprint density at radius 2 is 2.00 bits per heavy atom. The van der Waals surface area contributed by atoms with Gasteiger partial charge in [-0.05, 0) is 18.1 Å². The predicted octanol–water partition coefficient (Wildman–Crippen LogP) is 2.70. The van der Waals surface area contributed by atoms with Crippen LogP contribution < -0.4 is 0 Å². The first-order chi connectivity index (χ1) is 7.67.